The number of thiophene rings is 1. The molecule has 11 aromatic rings. The van der Waals surface area contributed by atoms with E-state index < -0.39 is 0 Å². The van der Waals surface area contributed by atoms with E-state index in [1.807, 2.05) is 29.5 Å². The van der Waals surface area contributed by atoms with Crippen molar-refractivity contribution in [3.05, 3.63) is 188 Å². The fourth-order valence-electron chi connectivity index (χ4n) is 8.10. The van der Waals surface area contributed by atoms with E-state index in [9.17, 15) is 0 Å². The summed E-state index contributed by atoms with van der Waals surface area (Å²) in [6.07, 6.45) is 0. The van der Waals surface area contributed by atoms with Gasteiger partial charge < -0.3 is 4.57 Å². The maximum Gasteiger partial charge on any atom is 0.160 e. The average molecular weight is 706 g/mol. The molecule has 3 heterocycles. The van der Waals surface area contributed by atoms with Crippen LogP contribution in [0.15, 0.2) is 188 Å². The fraction of sp³-hybridized carbons (Fsp3) is 0. The second-order valence-corrected chi connectivity index (χ2v) is 14.8. The summed E-state index contributed by atoms with van der Waals surface area (Å²) in [5.74, 6) is 0.715. The van der Waals surface area contributed by atoms with Crippen molar-refractivity contribution in [3.8, 4) is 50.7 Å². The summed E-state index contributed by atoms with van der Waals surface area (Å²) in [5.41, 5.74) is 10.9. The third-order valence-electron chi connectivity index (χ3n) is 10.6. The van der Waals surface area contributed by atoms with E-state index in [0.717, 1.165) is 39.2 Å². The first-order valence-corrected chi connectivity index (χ1v) is 19.1. The zero-order valence-corrected chi connectivity index (χ0v) is 30.0. The van der Waals surface area contributed by atoms with E-state index in [2.05, 4.69) is 174 Å². The highest BCUT2D eigenvalue weighted by molar-refractivity contribution is 7.25. The van der Waals surface area contributed by atoms with Gasteiger partial charge in [-0.05, 0) is 64.4 Å². The Morgan fingerprint density at radius 2 is 0.944 bits per heavy atom. The molecule has 0 aliphatic carbocycles. The first-order chi connectivity index (χ1) is 26.8. The second kappa shape index (κ2) is 12.4. The third-order valence-corrected chi connectivity index (χ3v) is 11.8. The molecule has 0 bridgehead atoms. The fourth-order valence-corrected chi connectivity index (χ4v) is 9.25. The van der Waals surface area contributed by atoms with Gasteiger partial charge in [0, 0.05) is 53.3 Å². The summed E-state index contributed by atoms with van der Waals surface area (Å²) in [5, 5.41) is 7.41. The predicted octanol–water partition coefficient (Wildman–Crippen LogP) is 13.8. The number of aromatic nitrogens is 3. The molecule has 0 saturated heterocycles. The summed E-state index contributed by atoms with van der Waals surface area (Å²) in [4.78, 5) is 10.4. The molecule has 3 aromatic heterocycles. The topological polar surface area (TPSA) is 30.7 Å². The van der Waals surface area contributed by atoms with Crippen molar-refractivity contribution >= 4 is 64.1 Å². The van der Waals surface area contributed by atoms with Crippen LogP contribution in [0.1, 0.15) is 0 Å². The van der Waals surface area contributed by atoms with E-state index in [-0.39, 0.29) is 0 Å². The summed E-state index contributed by atoms with van der Waals surface area (Å²) in [7, 11) is 0. The van der Waals surface area contributed by atoms with Gasteiger partial charge in [-0.1, -0.05) is 146 Å². The molecule has 0 aliphatic rings. The van der Waals surface area contributed by atoms with Crippen molar-refractivity contribution in [1.29, 1.82) is 0 Å². The van der Waals surface area contributed by atoms with Gasteiger partial charge >= 0.3 is 0 Å². The standard InChI is InChI=1S/C50H31N3S/c1-3-13-32(14-4-1)50-51-44(34-24-26-43-42-20-10-12-22-48(42)54-49(43)30-34)31-45(52-50)39-28-27-36(37-17-7-8-18-38(37)39)33-23-25-41-40-19-9-11-21-46(40)53(47(41)29-33)35-15-5-2-6-16-35/h1-31H. The molecule has 4 heteroatoms. The molecule has 0 aliphatic heterocycles. The number of fused-ring (bicyclic) bond motifs is 7. The Kier molecular flexibility index (Phi) is 7.04. The number of hydrogen-bond donors (Lipinski definition) is 0. The Balaban J connectivity index is 1.10. The quantitative estimate of drug-likeness (QED) is 0.178. The molecular weight excluding hydrogens is 675 g/mol. The lowest BCUT2D eigenvalue weighted by Crippen LogP contribution is -1.97. The molecule has 0 amide bonds. The molecule has 3 nitrogen and oxygen atoms in total. The number of nitrogens with zero attached hydrogens (tertiary/aromatic N) is 3. The number of benzene rings is 8. The molecular formula is C50H31N3S. The van der Waals surface area contributed by atoms with Crippen LogP contribution in [0.3, 0.4) is 0 Å². The molecule has 8 aromatic carbocycles. The first kappa shape index (κ1) is 30.7. The van der Waals surface area contributed by atoms with Crippen molar-refractivity contribution in [1.82, 2.24) is 14.5 Å². The van der Waals surface area contributed by atoms with Crippen molar-refractivity contribution in [2.75, 3.05) is 0 Å². The number of rotatable bonds is 5. The minimum absolute atomic E-state index is 0.715. The molecule has 0 unspecified atom stereocenters. The van der Waals surface area contributed by atoms with E-state index in [0.29, 0.717) is 5.82 Å². The van der Waals surface area contributed by atoms with E-state index >= 15 is 0 Å². The molecule has 0 saturated carbocycles. The van der Waals surface area contributed by atoms with Gasteiger partial charge in [-0.2, -0.15) is 0 Å². The van der Waals surface area contributed by atoms with Crippen LogP contribution in [0, 0.1) is 0 Å². The Labute approximate surface area is 316 Å². The summed E-state index contributed by atoms with van der Waals surface area (Å²) < 4.78 is 4.94. The van der Waals surface area contributed by atoms with Gasteiger partial charge in [-0.15, -0.1) is 11.3 Å². The molecule has 0 fully saturated rings. The van der Waals surface area contributed by atoms with Gasteiger partial charge in [-0.25, -0.2) is 9.97 Å². The van der Waals surface area contributed by atoms with Crippen LogP contribution in [0.4, 0.5) is 0 Å². The third kappa shape index (κ3) is 4.96. The van der Waals surface area contributed by atoms with Crippen LogP contribution in [-0.2, 0) is 0 Å². The minimum atomic E-state index is 0.715. The van der Waals surface area contributed by atoms with Crippen LogP contribution < -0.4 is 0 Å². The van der Waals surface area contributed by atoms with E-state index in [1.54, 1.807) is 0 Å². The lowest BCUT2D eigenvalue weighted by Gasteiger charge is -2.14. The van der Waals surface area contributed by atoms with Crippen LogP contribution in [-0.4, -0.2) is 14.5 Å². The molecule has 54 heavy (non-hydrogen) atoms. The van der Waals surface area contributed by atoms with Crippen LogP contribution in [0.5, 0.6) is 0 Å². The summed E-state index contributed by atoms with van der Waals surface area (Å²) in [6, 6.07) is 67.3. The second-order valence-electron chi connectivity index (χ2n) is 13.8. The Morgan fingerprint density at radius 1 is 0.352 bits per heavy atom. The van der Waals surface area contributed by atoms with E-state index in [1.165, 1.54) is 58.5 Å². The molecule has 0 radical (unpaired) electrons. The highest BCUT2D eigenvalue weighted by Crippen LogP contribution is 2.41. The van der Waals surface area contributed by atoms with Crippen molar-refractivity contribution < 1.29 is 0 Å². The van der Waals surface area contributed by atoms with Gasteiger partial charge in [0.1, 0.15) is 0 Å². The molecule has 11 rings (SSSR count). The monoisotopic (exact) mass is 705 g/mol. The normalized spacial score (nSPS) is 11.7. The lowest BCUT2D eigenvalue weighted by molar-refractivity contribution is 1.18. The first-order valence-electron chi connectivity index (χ1n) is 18.2. The summed E-state index contributed by atoms with van der Waals surface area (Å²) in [6.45, 7) is 0. The smallest absolute Gasteiger partial charge is 0.160 e. The lowest BCUT2D eigenvalue weighted by atomic mass is 9.93. The van der Waals surface area contributed by atoms with Crippen molar-refractivity contribution in [2.24, 2.45) is 0 Å². The van der Waals surface area contributed by atoms with Crippen molar-refractivity contribution in [3.63, 3.8) is 0 Å². The highest BCUT2D eigenvalue weighted by Gasteiger charge is 2.18. The number of hydrogen-bond acceptors (Lipinski definition) is 3. The van der Waals surface area contributed by atoms with Gasteiger partial charge in [0.2, 0.25) is 0 Å². The van der Waals surface area contributed by atoms with Crippen LogP contribution in [0.25, 0.3) is 103 Å². The average Bonchev–Trinajstić information content (AvgIpc) is 3.79. The van der Waals surface area contributed by atoms with Gasteiger partial charge in [-0.3, -0.25) is 0 Å². The van der Waals surface area contributed by atoms with Gasteiger partial charge in [0.15, 0.2) is 5.82 Å². The van der Waals surface area contributed by atoms with E-state index in [4.69, 9.17) is 9.97 Å². The zero-order valence-electron chi connectivity index (χ0n) is 29.1. The van der Waals surface area contributed by atoms with Crippen LogP contribution >= 0.6 is 11.3 Å². The van der Waals surface area contributed by atoms with Crippen LogP contribution in [0.2, 0.25) is 0 Å². The molecule has 0 N–H and O–H groups in total. The molecule has 0 atom stereocenters. The Hall–Kier alpha value is -6.88. The SMILES string of the molecule is c1ccc(-c2nc(-c3ccc4c(c3)sc3ccccc34)cc(-c3ccc(-c4ccc5c6ccccc6n(-c6ccccc6)c5c4)c4ccccc34)n2)cc1. The Morgan fingerprint density at radius 3 is 1.78 bits per heavy atom. The number of para-hydroxylation sites is 2. The maximum atomic E-state index is 5.25. The van der Waals surface area contributed by atoms with Gasteiger partial charge in [0.25, 0.3) is 0 Å². The Bertz CT molecular complexity index is 3210. The summed E-state index contributed by atoms with van der Waals surface area (Å²) >= 11 is 1.83. The minimum Gasteiger partial charge on any atom is -0.309 e. The maximum absolute atomic E-state index is 5.25. The highest BCUT2D eigenvalue weighted by atomic mass is 32.1. The zero-order chi connectivity index (χ0) is 35.6. The largest absolute Gasteiger partial charge is 0.309 e. The molecule has 0 spiro atoms. The predicted molar refractivity (Wildman–Crippen MR) is 229 cm³/mol. The van der Waals surface area contributed by atoms with Crippen molar-refractivity contribution in [2.45, 2.75) is 0 Å². The molecule has 252 valence electrons. The van der Waals surface area contributed by atoms with Gasteiger partial charge in [0.05, 0.1) is 22.4 Å².